The number of carbonyl (C=O) groups excluding carboxylic acids is 3. The Hall–Kier alpha value is -8.65. The molecule has 5 aromatic carbocycles. The summed E-state index contributed by atoms with van der Waals surface area (Å²) in [6.07, 6.45) is 0. The molecule has 0 bridgehead atoms. The standard InChI is InChI=1S/C23H23ClN4O3.C22H21ClN4O3.C13H12ClN3O2/c1-14(16-7-9-17(10-8-16)23(30)31-3)25-21(29)20-15(2)26-28-12-11-27(22(20)28)19-6-4-5-18(24)13-19;1-13(15-6-8-16(9-7-15)22(29)30)24-20(28)19-14(2)25-27-11-10-26(21(19)27)18-5-3-4-17(23)12-18;1-8-11(13(18)19)12-16(5-6-17(12)15-8)10-4-2-3-9(14)7-10/h4-10,13-14H,11-12H2,1-3H3,(H,25,29);3-9,12-13H,10-11H2,1-2H3,(H,24,28)(H,29,30);2-4,7H,5-6H2,1H3,(H,18,19)/t14-;13-;/m00./s1. The Morgan fingerprint density at radius 3 is 1.15 bits per heavy atom. The van der Waals surface area contributed by atoms with Crippen molar-refractivity contribution in [1.29, 1.82) is 0 Å². The van der Waals surface area contributed by atoms with Crippen LogP contribution in [0, 0.1) is 20.8 Å². The molecule has 0 aliphatic carbocycles. The van der Waals surface area contributed by atoms with E-state index in [0.29, 0.717) is 93.9 Å². The predicted octanol–water partition coefficient (Wildman–Crippen LogP) is 11.2. The molecular formula is C58H56Cl3N11O8. The number of esters is 1. The predicted molar refractivity (Wildman–Crippen MR) is 306 cm³/mol. The number of carbonyl (C=O) groups is 5. The van der Waals surface area contributed by atoms with E-state index in [9.17, 15) is 29.1 Å². The summed E-state index contributed by atoms with van der Waals surface area (Å²) in [5, 5.41) is 39.7. The number of rotatable bonds is 12. The van der Waals surface area contributed by atoms with Gasteiger partial charge in [0.1, 0.15) is 34.1 Å². The maximum absolute atomic E-state index is 13.2. The first-order valence-electron chi connectivity index (χ1n) is 25.5. The fourth-order valence-corrected chi connectivity index (χ4v) is 10.6. The normalized spacial score (nSPS) is 13.7. The Bertz CT molecular complexity index is 3670. The monoisotopic (exact) mass is 1140 g/mol. The Morgan fingerprint density at radius 1 is 0.487 bits per heavy atom. The molecule has 0 unspecified atom stereocenters. The number of halogens is 3. The molecule has 0 spiro atoms. The van der Waals surface area contributed by atoms with E-state index in [1.54, 1.807) is 41.9 Å². The number of anilines is 6. The number of amides is 2. The molecule has 3 aromatic heterocycles. The quantitative estimate of drug-likeness (QED) is 0.0836. The van der Waals surface area contributed by atoms with E-state index in [2.05, 4.69) is 30.8 Å². The molecule has 0 saturated carbocycles. The fourth-order valence-electron chi connectivity index (χ4n) is 10.0. The summed E-state index contributed by atoms with van der Waals surface area (Å²) >= 11 is 18.3. The smallest absolute Gasteiger partial charge is 0.341 e. The third-order valence-corrected chi connectivity index (χ3v) is 14.6. The Labute approximate surface area is 475 Å². The second kappa shape index (κ2) is 23.8. The zero-order chi connectivity index (χ0) is 57.1. The van der Waals surface area contributed by atoms with E-state index in [4.69, 9.17) is 44.6 Å². The van der Waals surface area contributed by atoms with E-state index in [1.807, 2.05) is 126 Å². The van der Waals surface area contributed by atoms with E-state index in [-0.39, 0.29) is 35.0 Å². The Morgan fingerprint density at radius 2 is 0.825 bits per heavy atom. The highest BCUT2D eigenvalue weighted by Gasteiger charge is 2.34. The van der Waals surface area contributed by atoms with Crippen LogP contribution in [-0.4, -0.2) is 96.0 Å². The number of hydrogen-bond acceptors (Lipinski definition) is 12. The second-order valence-electron chi connectivity index (χ2n) is 19.2. The van der Waals surface area contributed by atoms with Gasteiger partial charge >= 0.3 is 17.9 Å². The van der Waals surface area contributed by atoms with Crippen LogP contribution in [-0.2, 0) is 24.4 Å². The van der Waals surface area contributed by atoms with Crippen LogP contribution >= 0.6 is 34.8 Å². The molecular weight excluding hydrogens is 1090 g/mol. The number of ether oxygens (including phenoxy) is 1. The summed E-state index contributed by atoms with van der Waals surface area (Å²) in [5.74, 6) is -0.596. The number of fused-ring (bicyclic) bond motifs is 3. The van der Waals surface area contributed by atoms with Gasteiger partial charge in [-0.05, 0) is 125 Å². The van der Waals surface area contributed by atoms with E-state index >= 15 is 0 Å². The van der Waals surface area contributed by atoms with E-state index in [1.165, 1.54) is 19.2 Å². The summed E-state index contributed by atoms with van der Waals surface area (Å²) in [6, 6.07) is 35.4. The minimum absolute atomic E-state index is 0.197. The van der Waals surface area contributed by atoms with Gasteiger partial charge in [-0.25, -0.2) is 28.4 Å². The van der Waals surface area contributed by atoms with Crippen LogP contribution in [0.3, 0.4) is 0 Å². The van der Waals surface area contributed by atoms with Crippen LogP contribution in [0.4, 0.5) is 34.5 Å². The first kappa shape index (κ1) is 56.1. The molecule has 22 heteroatoms. The Kier molecular flexibility index (Phi) is 16.7. The molecule has 3 aliphatic heterocycles. The number of hydrogen-bond donors (Lipinski definition) is 4. The van der Waals surface area contributed by atoms with Crippen molar-refractivity contribution in [3.05, 3.63) is 192 Å². The van der Waals surface area contributed by atoms with Crippen molar-refractivity contribution in [1.82, 2.24) is 40.0 Å². The van der Waals surface area contributed by atoms with Gasteiger partial charge in [-0.15, -0.1) is 0 Å². The molecule has 11 rings (SSSR count). The van der Waals surface area contributed by atoms with Crippen molar-refractivity contribution in [2.75, 3.05) is 41.4 Å². The lowest BCUT2D eigenvalue weighted by Gasteiger charge is -2.20. The third-order valence-electron chi connectivity index (χ3n) is 13.9. The van der Waals surface area contributed by atoms with Crippen molar-refractivity contribution < 1.29 is 38.9 Å². The average Bonchev–Trinajstić information content (AvgIpc) is 4.45. The number of benzene rings is 5. The molecule has 2 amide bonds. The maximum Gasteiger partial charge on any atom is 0.341 e. The van der Waals surface area contributed by atoms with Crippen molar-refractivity contribution in [2.24, 2.45) is 0 Å². The van der Waals surface area contributed by atoms with Gasteiger partial charge in [-0.2, -0.15) is 15.3 Å². The van der Waals surface area contributed by atoms with Gasteiger partial charge in [-0.1, -0.05) is 77.3 Å². The number of carboxylic acids is 2. The lowest BCUT2D eigenvalue weighted by molar-refractivity contribution is 0.0598. The van der Waals surface area contributed by atoms with Crippen LogP contribution < -0.4 is 25.3 Å². The topological polar surface area (TPSA) is 222 Å². The van der Waals surface area contributed by atoms with Crippen LogP contribution in [0.15, 0.2) is 121 Å². The molecule has 412 valence electrons. The fraction of sp³-hybridized carbons (Fsp3) is 0.241. The summed E-state index contributed by atoms with van der Waals surface area (Å²) in [6.45, 7) is 13.3. The SMILES string of the molecule is COC(=O)c1ccc([C@H](C)NC(=O)c2c(C)nn3c2N(c2cccc(Cl)c2)CC3)cc1.Cc1nn2c(c1C(=O)N[C@@H](C)c1ccc(C(=O)O)cc1)N(c1cccc(Cl)c1)CC2.Cc1nn2c(c1C(=O)O)N(c1cccc(Cl)c1)CC2. The van der Waals surface area contributed by atoms with Crippen LogP contribution in [0.5, 0.6) is 0 Å². The largest absolute Gasteiger partial charge is 0.478 e. The zero-order valence-corrected chi connectivity index (χ0v) is 46.7. The van der Waals surface area contributed by atoms with Crippen LogP contribution in [0.2, 0.25) is 15.1 Å². The van der Waals surface area contributed by atoms with E-state index < -0.39 is 17.9 Å². The number of methoxy groups -OCH3 is 1. The van der Waals surface area contributed by atoms with Crippen molar-refractivity contribution in [3.63, 3.8) is 0 Å². The summed E-state index contributed by atoms with van der Waals surface area (Å²) in [4.78, 5) is 66.5. The molecule has 0 fully saturated rings. The maximum atomic E-state index is 13.2. The van der Waals surface area contributed by atoms with Gasteiger partial charge < -0.3 is 40.3 Å². The zero-order valence-electron chi connectivity index (χ0n) is 44.4. The number of carboxylic acid groups (broad SMARTS) is 2. The molecule has 4 N–H and O–H groups in total. The highest BCUT2D eigenvalue weighted by atomic mass is 35.5. The minimum atomic E-state index is -0.981. The molecule has 3 aliphatic rings. The average molecular weight is 1140 g/mol. The van der Waals surface area contributed by atoms with Gasteiger partial charge in [-0.3, -0.25) is 9.59 Å². The molecule has 8 aromatic rings. The number of nitrogens with zero attached hydrogens (tertiary/aromatic N) is 9. The number of aromatic nitrogens is 6. The molecule has 6 heterocycles. The Balaban J connectivity index is 0.000000149. The molecule has 0 saturated heterocycles. The highest BCUT2D eigenvalue weighted by molar-refractivity contribution is 6.31. The number of nitrogens with one attached hydrogen (secondary N) is 2. The van der Waals surface area contributed by atoms with Gasteiger partial charge in [0.05, 0.1) is 67.0 Å². The first-order valence-corrected chi connectivity index (χ1v) is 26.6. The number of aryl methyl sites for hydroxylation is 3. The summed E-state index contributed by atoms with van der Waals surface area (Å²) < 4.78 is 10.2. The third kappa shape index (κ3) is 11.7. The van der Waals surface area contributed by atoms with Gasteiger partial charge in [0.15, 0.2) is 0 Å². The summed E-state index contributed by atoms with van der Waals surface area (Å²) in [7, 11) is 1.35. The van der Waals surface area contributed by atoms with Crippen molar-refractivity contribution in [3.8, 4) is 0 Å². The van der Waals surface area contributed by atoms with Gasteiger partial charge in [0, 0.05) is 51.8 Å². The molecule has 19 nitrogen and oxygen atoms in total. The lowest BCUT2D eigenvalue weighted by Crippen LogP contribution is -2.28. The van der Waals surface area contributed by atoms with Gasteiger partial charge in [0.25, 0.3) is 11.8 Å². The molecule has 80 heavy (non-hydrogen) atoms. The molecule has 0 radical (unpaired) electrons. The summed E-state index contributed by atoms with van der Waals surface area (Å²) in [5.41, 5.74) is 8.30. The lowest BCUT2D eigenvalue weighted by atomic mass is 10.1. The first-order chi connectivity index (χ1) is 38.3. The number of aromatic carboxylic acids is 2. The van der Waals surface area contributed by atoms with Crippen LogP contribution in [0.25, 0.3) is 0 Å². The van der Waals surface area contributed by atoms with Crippen molar-refractivity contribution >= 4 is 99.0 Å². The minimum Gasteiger partial charge on any atom is -0.478 e. The molecule has 2 atom stereocenters. The second-order valence-corrected chi connectivity index (χ2v) is 20.5. The van der Waals surface area contributed by atoms with Gasteiger partial charge in [0.2, 0.25) is 0 Å². The van der Waals surface area contributed by atoms with Crippen LogP contribution in [0.1, 0.15) is 106 Å². The van der Waals surface area contributed by atoms with E-state index in [0.717, 1.165) is 39.8 Å². The van der Waals surface area contributed by atoms with Crippen molar-refractivity contribution in [2.45, 2.75) is 66.3 Å². The highest BCUT2D eigenvalue weighted by Crippen LogP contribution is 2.39.